The number of aryl methyl sites for hydroxylation is 1. The number of phenolic OH excluding ortho intramolecular Hbond substituents is 1. The van der Waals surface area contributed by atoms with Crippen molar-refractivity contribution in [1.29, 1.82) is 0 Å². The van der Waals surface area contributed by atoms with Crippen molar-refractivity contribution in [1.82, 2.24) is 9.88 Å². The number of halogens is 1. The maximum atomic E-state index is 13.4. The molecule has 0 radical (unpaired) electrons. The Kier molecular flexibility index (Phi) is 8.07. The average molecular weight is 615 g/mol. The zero-order valence-electron chi connectivity index (χ0n) is 22.4. The Morgan fingerprint density at radius 2 is 1.78 bits per heavy atom. The third-order valence-corrected chi connectivity index (χ3v) is 7.42. The molecule has 0 aliphatic carbocycles. The number of hydrogen-bond acceptors (Lipinski definition) is 7. The van der Waals surface area contributed by atoms with Crippen molar-refractivity contribution < 1.29 is 29.3 Å². The van der Waals surface area contributed by atoms with Gasteiger partial charge in [-0.05, 0) is 82.0 Å². The van der Waals surface area contributed by atoms with Gasteiger partial charge in [-0.3, -0.25) is 14.6 Å². The van der Waals surface area contributed by atoms with Gasteiger partial charge in [0.05, 0.1) is 23.2 Å². The van der Waals surface area contributed by atoms with Crippen LogP contribution in [0.5, 0.6) is 17.2 Å². The summed E-state index contributed by atoms with van der Waals surface area (Å²) in [6.07, 6.45) is 3.23. The summed E-state index contributed by atoms with van der Waals surface area (Å²) in [4.78, 5) is 32.3. The van der Waals surface area contributed by atoms with Crippen LogP contribution in [-0.4, -0.2) is 38.9 Å². The van der Waals surface area contributed by atoms with Crippen LogP contribution in [0.15, 0.2) is 95.2 Å². The first-order valence-electron chi connectivity index (χ1n) is 12.8. The van der Waals surface area contributed by atoms with Gasteiger partial charge >= 0.3 is 0 Å². The second-order valence-electron chi connectivity index (χ2n) is 9.64. The number of aromatic nitrogens is 1. The SMILES string of the molecule is COc1cc(C2/C(=C(\O)c3ccc(OCc4cccc(C)c4)cc3)C(=O)C(=O)N2Cc2cccnc2)cc(Br)c1O. The maximum Gasteiger partial charge on any atom is 0.295 e. The van der Waals surface area contributed by atoms with Crippen molar-refractivity contribution in [3.63, 3.8) is 0 Å². The van der Waals surface area contributed by atoms with Gasteiger partial charge in [0.2, 0.25) is 0 Å². The molecule has 1 aliphatic heterocycles. The Bertz CT molecular complexity index is 1640. The number of hydrogen-bond donors (Lipinski definition) is 2. The van der Waals surface area contributed by atoms with E-state index in [1.807, 2.05) is 31.2 Å². The predicted molar refractivity (Wildman–Crippen MR) is 156 cm³/mol. The van der Waals surface area contributed by atoms with Gasteiger partial charge in [-0.15, -0.1) is 0 Å². The molecule has 0 spiro atoms. The molecular formula is C32H27BrN2O6. The van der Waals surface area contributed by atoms with E-state index in [4.69, 9.17) is 9.47 Å². The van der Waals surface area contributed by atoms with Gasteiger partial charge in [-0.2, -0.15) is 0 Å². The van der Waals surface area contributed by atoms with Crippen LogP contribution in [0.3, 0.4) is 0 Å². The lowest BCUT2D eigenvalue weighted by Crippen LogP contribution is -2.29. The number of ether oxygens (including phenoxy) is 2. The molecule has 1 amide bonds. The van der Waals surface area contributed by atoms with Crippen molar-refractivity contribution in [2.75, 3.05) is 7.11 Å². The average Bonchev–Trinajstić information content (AvgIpc) is 3.23. The summed E-state index contributed by atoms with van der Waals surface area (Å²) in [7, 11) is 1.40. The standard InChI is InChI=1S/C32H27BrN2O6/c1-19-5-3-6-20(13-19)18-41-24-10-8-22(9-11-24)29(36)27-28(23-14-25(33)30(37)26(15-23)40-2)35(32(39)31(27)38)17-21-7-4-12-34-16-21/h3-16,28,36-37H,17-18H2,1-2H3/b29-27+. The quantitative estimate of drug-likeness (QED) is 0.141. The van der Waals surface area contributed by atoms with Crippen LogP contribution in [0.1, 0.15) is 33.9 Å². The van der Waals surface area contributed by atoms with E-state index in [0.29, 0.717) is 33.5 Å². The van der Waals surface area contributed by atoms with E-state index < -0.39 is 17.7 Å². The molecule has 1 atom stereocenters. The molecule has 5 rings (SSSR count). The molecule has 4 aromatic rings. The highest BCUT2D eigenvalue weighted by atomic mass is 79.9. The van der Waals surface area contributed by atoms with Gasteiger partial charge in [0.1, 0.15) is 18.1 Å². The van der Waals surface area contributed by atoms with Crippen LogP contribution < -0.4 is 9.47 Å². The van der Waals surface area contributed by atoms with Gasteiger partial charge in [0, 0.05) is 24.5 Å². The van der Waals surface area contributed by atoms with Crippen LogP contribution in [0.25, 0.3) is 5.76 Å². The number of rotatable bonds is 8. The number of likely N-dealkylation sites (tertiary alicyclic amines) is 1. The molecule has 0 bridgehead atoms. The van der Waals surface area contributed by atoms with E-state index in [2.05, 4.69) is 20.9 Å². The summed E-state index contributed by atoms with van der Waals surface area (Å²) in [5.41, 5.74) is 3.61. The van der Waals surface area contributed by atoms with Crippen LogP contribution in [-0.2, 0) is 22.7 Å². The lowest BCUT2D eigenvalue weighted by Gasteiger charge is -2.26. The number of ketones is 1. The van der Waals surface area contributed by atoms with E-state index in [1.54, 1.807) is 60.9 Å². The molecule has 8 nitrogen and oxygen atoms in total. The van der Waals surface area contributed by atoms with E-state index in [9.17, 15) is 19.8 Å². The molecule has 1 unspecified atom stereocenters. The highest BCUT2D eigenvalue weighted by molar-refractivity contribution is 9.10. The van der Waals surface area contributed by atoms with Gasteiger partial charge < -0.3 is 24.6 Å². The number of amides is 1. The summed E-state index contributed by atoms with van der Waals surface area (Å²) >= 11 is 3.33. The van der Waals surface area contributed by atoms with E-state index in [1.165, 1.54) is 12.0 Å². The minimum Gasteiger partial charge on any atom is -0.507 e. The van der Waals surface area contributed by atoms with E-state index in [0.717, 1.165) is 11.1 Å². The topological polar surface area (TPSA) is 109 Å². The Balaban J connectivity index is 1.53. The lowest BCUT2D eigenvalue weighted by atomic mass is 9.94. The van der Waals surface area contributed by atoms with E-state index >= 15 is 0 Å². The molecule has 1 saturated heterocycles. The third kappa shape index (κ3) is 5.81. The number of aliphatic hydroxyl groups excluding tert-OH is 1. The van der Waals surface area contributed by atoms with Crippen LogP contribution in [0, 0.1) is 6.92 Å². The number of phenols is 1. The zero-order chi connectivity index (χ0) is 29.1. The molecule has 1 fully saturated rings. The first-order valence-corrected chi connectivity index (χ1v) is 13.6. The number of carbonyl (C=O) groups is 2. The first kappa shape index (κ1) is 27.9. The monoisotopic (exact) mass is 614 g/mol. The molecule has 9 heteroatoms. The predicted octanol–water partition coefficient (Wildman–Crippen LogP) is 6.07. The summed E-state index contributed by atoms with van der Waals surface area (Å²) in [6, 6.07) is 20.4. The fourth-order valence-electron chi connectivity index (χ4n) is 4.82. The van der Waals surface area contributed by atoms with Crippen molar-refractivity contribution >= 4 is 33.4 Å². The molecule has 1 aliphatic rings. The molecule has 2 heterocycles. The molecular weight excluding hydrogens is 588 g/mol. The fourth-order valence-corrected chi connectivity index (χ4v) is 5.28. The highest BCUT2D eigenvalue weighted by Crippen LogP contribution is 2.45. The van der Waals surface area contributed by atoms with Crippen LogP contribution in [0.4, 0.5) is 0 Å². The van der Waals surface area contributed by atoms with Gasteiger partial charge in [-0.25, -0.2) is 0 Å². The number of carbonyl (C=O) groups excluding carboxylic acids is 2. The number of pyridine rings is 1. The molecule has 0 saturated carbocycles. The molecule has 2 N–H and O–H groups in total. The maximum absolute atomic E-state index is 13.4. The largest absolute Gasteiger partial charge is 0.507 e. The summed E-state index contributed by atoms with van der Waals surface area (Å²) in [6.45, 7) is 2.47. The number of nitrogens with zero attached hydrogens (tertiary/aromatic N) is 2. The second kappa shape index (κ2) is 11.9. The number of aliphatic hydroxyl groups is 1. The third-order valence-electron chi connectivity index (χ3n) is 6.82. The van der Waals surface area contributed by atoms with Gasteiger partial charge in [0.25, 0.3) is 11.7 Å². The normalized spacial score (nSPS) is 16.2. The lowest BCUT2D eigenvalue weighted by molar-refractivity contribution is -0.140. The van der Waals surface area contributed by atoms with Crippen molar-refractivity contribution in [3.05, 3.63) is 123 Å². The Morgan fingerprint density at radius 1 is 1.02 bits per heavy atom. The van der Waals surface area contributed by atoms with Crippen molar-refractivity contribution in [3.8, 4) is 17.2 Å². The second-order valence-corrected chi connectivity index (χ2v) is 10.5. The van der Waals surface area contributed by atoms with E-state index in [-0.39, 0.29) is 29.4 Å². The molecule has 41 heavy (non-hydrogen) atoms. The van der Waals surface area contributed by atoms with Crippen LogP contribution >= 0.6 is 15.9 Å². The van der Waals surface area contributed by atoms with Crippen molar-refractivity contribution in [2.45, 2.75) is 26.1 Å². The van der Waals surface area contributed by atoms with Gasteiger partial charge in [-0.1, -0.05) is 35.9 Å². The first-order chi connectivity index (χ1) is 19.8. The number of aromatic hydroxyl groups is 1. The molecule has 3 aromatic carbocycles. The Labute approximate surface area is 245 Å². The number of methoxy groups -OCH3 is 1. The van der Waals surface area contributed by atoms with Crippen LogP contribution in [0.2, 0.25) is 0 Å². The Morgan fingerprint density at radius 3 is 2.46 bits per heavy atom. The zero-order valence-corrected chi connectivity index (χ0v) is 24.0. The van der Waals surface area contributed by atoms with Gasteiger partial charge in [0.15, 0.2) is 11.5 Å². The fraction of sp³-hybridized carbons (Fsp3) is 0.156. The summed E-state index contributed by atoms with van der Waals surface area (Å²) < 4.78 is 11.5. The number of Topliss-reactive ketones (excluding diaryl/α,β-unsaturated/α-hetero) is 1. The minimum atomic E-state index is -0.960. The Hall–Kier alpha value is -4.63. The highest BCUT2D eigenvalue weighted by Gasteiger charge is 2.46. The molecule has 1 aromatic heterocycles. The number of benzene rings is 3. The smallest absolute Gasteiger partial charge is 0.295 e. The van der Waals surface area contributed by atoms with Crippen molar-refractivity contribution in [2.24, 2.45) is 0 Å². The summed E-state index contributed by atoms with van der Waals surface area (Å²) in [5.74, 6) is -1.29. The summed E-state index contributed by atoms with van der Waals surface area (Å²) in [5, 5.41) is 21.8. The minimum absolute atomic E-state index is 0.0758. The molecule has 208 valence electrons.